The van der Waals surface area contributed by atoms with Crippen molar-refractivity contribution in [2.75, 3.05) is 0 Å². The molecule has 2 spiro atoms. The molecule has 0 aromatic carbocycles. The number of carboxylic acid groups (broad SMARTS) is 2. The zero-order valence-corrected chi connectivity index (χ0v) is 38.4. The minimum atomic E-state index is -1.40. The van der Waals surface area contributed by atoms with Crippen LogP contribution in [-0.2, 0) is 42.9 Å². The van der Waals surface area contributed by atoms with E-state index in [-0.39, 0.29) is 54.8 Å². The standard InChI is InChI=1S/C47H77NO13/c1-11-32(43(54)55)34-18-17-26(4)41(58-34)30(8)39(52)29(7)40(53)33(12-2)42-27(5)25-28(6)46(59-42)22-19-35(48-37(49)15-14-16-38(50)51)47(61-46)24-23-44(10,60-47)36-20-21-45(56,13-3)31(9)57-36/h19,22,26-36,39,41-42,52,56H,11-18,20-21,23-25H2,1-10H3,(H,48,49)(H,50,51)(H,54,55)/t26-,27-,28+,29-,30-,31-,32+,33-,34+,35+,36+,39+,41+,42-,44-,45+,46-,47-/m0/s1. The third kappa shape index (κ3) is 10.3. The molecule has 5 N–H and O–H groups in total. The Morgan fingerprint density at radius 3 is 2.15 bits per heavy atom. The highest BCUT2D eigenvalue weighted by Gasteiger charge is 2.63. The molecule has 5 aliphatic heterocycles. The van der Waals surface area contributed by atoms with Crippen molar-refractivity contribution in [3.63, 3.8) is 0 Å². The molecule has 61 heavy (non-hydrogen) atoms. The lowest BCUT2D eigenvalue weighted by molar-refractivity contribution is -0.398. The molecular formula is C47H77NO13. The summed E-state index contributed by atoms with van der Waals surface area (Å²) in [6.45, 7) is 19.4. The van der Waals surface area contributed by atoms with Crippen LogP contribution in [0.2, 0.25) is 0 Å². The fourth-order valence-electron chi connectivity index (χ4n) is 11.3. The van der Waals surface area contributed by atoms with Crippen molar-refractivity contribution < 1.29 is 63.3 Å². The molecule has 5 heterocycles. The summed E-state index contributed by atoms with van der Waals surface area (Å²) in [5, 5.41) is 45.1. The molecule has 4 saturated heterocycles. The van der Waals surface area contributed by atoms with Crippen LogP contribution in [-0.4, -0.2) is 109 Å². The fraction of sp³-hybridized carbons (Fsp3) is 0.872. The number of aliphatic hydroxyl groups is 2. The van der Waals surface area contributed by atoms with E-state index in [1.54, 1.807) is 6.92 Å². The molecule has 0 saturated carbocycles. The summed E-state index contributed by atoms with van der Waals surface area (Å²) in [7, 11) is 0. The molecular weight excluding hydrogens is 787 g/mol. The molecule has 1 amide bonds. The zero-order valence-electron chi connectivity index (χ0n) is 38.4. The van der Waals surface area contributed by atoms with E-state index in [0.29, 0.717) is 57.8 Å². The number of carbonyl (C=O) groups excluding carboxylic acids is 2. The summed E-state index contributed by atoms with van der Waals surface area (Å²) in [4.78, 5) is 51.2. The number of hydrogen-bond acceptors (Lipinski definition) is 11. The summed E-state index contributed by atoms with van der Waals surface area (Å²) in [5.74, 6) is -7.63. The predicted octanol–water partition coefficient (Wildman–Crippen LogP) is 6.57. The van der Waals surface area contributed by atoms with Gasteiger partial charge >= 0.3 is 11.9 Å². The second-order valence-corrected chi connectivity index (χ2v) is 19.8. The number of nitrogens with one attached hydrogen (secondary N) is 1. The van der Waals surface area contributed by atoms with Crippen LogP contribution in [0.25, 0.3) is 0 Å². The summed E-state index contributed by atoms with van der Waals surface area (Å²) in [6.07, 6.45) is 6.01. The maximum Gasteiger partial charge on any atom is 0.309 e. The molecule has 0 unspecified atom stereocenters. The Balaban J connectivity index is 1.39. The van der Waals surface area contributed by atoms with Gasteiger partial charge in [0.15, 0.2) is 11.6 Å². The number of aliphatic hydroxyl groups excluding tert-OH is 1. The molecule has 18 atom stereocenters. The number of ether oxygens (including phenoxy) is 5. The van der Waals surface area contributed by atoms with Gasteiger partial charge in [-0.25, -0.2) is 0 Å². The third-order valence-corrected chi connectivity index (χ3v) is 15.6. The first kappa shape index (κ1) is 49.6. The predicted molar refractivity (Wildman–Crippen MR) is 226 cm³/mol. The molecule has 0 aliphatic carbocycles. The second-order valence-electron chi connectivity index (χ2n) is 19.8. The van der Waals surface area contributed by atoms with E-state index in [1.807, 2.05) is 60.6 Å². The van der Waals surface area contributed by atoms with Crippen molar-refractivity contribution in [2.45, 2.75) is 218 Å². The normalized spacial score (nSPS) is 41.5. The van der Waals surface area contributed by atoms with E-state index in [4.69, 9.17) is 23.7 Å². The lowest BCUT2D eigenvalue weighted by Gasteiger charge is -2.55. The van der Waals surface area contributed by atoms with Gasteiger partial charge in [0.2, 0.25) is 5.91 Å². The Morgan fingerprint density at radius 1 is 0.852 bits per heavy atom. The molecule has 0 aromatic heterocycles. The maximum absolute atomic E-state index is 14.6. The van der Waals surface area contributed by atoms with Crippen molar-refractivity contribution in [3.8, 4) is 0 Å². The largest absolute Gasteiger partial charge is 0.481 e. The monoisotopic (exact) mass is 864 g/mol. The van der Waals surface area contributed by atoms with Gasteiger partial charge in [-0.15, -0.1) is 0 Å². The van der Waals surface area contributed by atoms with Gasteiger partial charge in [0.05, 0.1) is 53.7 Å². The van der Waals surface area contributed by atoms with Crippen molar-refractivity contribution in [1.82, 2.24) is 5.32 Å². The van der Waals surface area contributed by atoms with Crippen LogP contribution < -0.4 is 5.32 Å². The van der Waals surface area contributed by atoms with Crippen LogP contribution in [0.1, 0.15) is 153 Å². The third-order valence-electron chi connectivity index (χ3n) is 15.6. The van der Waals surface area contributed by atoms with E-state index < -0.39 is 94.9 Å². The van der Waals surface area contributed by atoms with Gasteiger partial charge in [0, 0.05) is 42.9 Å². The van der Waals surface area contributed by atoms with E-state index in [1.165, 1.54) is 0 Å². The molecule has 0 bridgehead atoms. The average Bonchev–Trinajstić information content (AvgIpc) is 3.55. The number of rotatable bonds is 17. The average molecular weight is 864 g/mol. The highest BCUT2D eigenvalue weighted by molar-refractivity contribution is 5.84. The summed E-state index contributed by atoms with van der Waals surface area (Å²) in [5.41, 5.74) is -1.79. The number of hydrogen-bond donors (Lipinski definition) is 5. The van der Waals surface area contributed by atoms with Gasteiger partial charge in [0.25, 0.3) is 0 Å². The SMILES string of the molecule is CC[C@@H](C(=O)[C@@H](C)[C@@H](O)[C@H](C)[C@@H]1O[C@@H]([C@@H](CC)C(=O)O)CC[C@@H]1C)[C@H]1O[C@]2(C=C[C@@H](NC(=O)CCCC(=O)O)[C@]3(CC[C@@](C)([C@H]4CC[C@](O)(CC)[C@H](C)O4)O3)O2)[C@H](C)C[C@@H]1C. The molecule has 5 rings (SSSR count). The quantitative estimate of drug-likeness (QED) is 0.0983. The van der Waals surface area contributed by atoms with Gasteiger partial charge in [-0.2, -0.15) is 0 Å². The van der Waals surface area contributed by atoms with Gasteiger partial charge in [-0.1, -0.05) is 61.5 Å². The van der Waals surface area contributed by atoms with Gasteiger partial charge in [0.1, 0.15) is 11.8 Å². The zero-order chi connectivity index (χ0) is 45.2. The van der Waals surface area contributed by atoms with Crippen molar-refractivity contribution in [3.05, 3.63) is 12.2 Å². The molecule has 14 heteroatoms. The molecule has 5 aliphatic rings. The Labute approximate surface area is 363 Å². The maximum atomic E-state index is 14.6. The van der Waals surface area contributed by atoms with Crippen LogP contribution in [0.15, 0.2) is 12.2 Å². The smallest absolute Gasteiger partial charge is 0.309 e. The highest BCUT2D eigenvalue weighted by atomic mass is 16.8. The van der Waals surface area contributed by atoms with E-state index in [9.17, 15) is 39.6 Å². The fourth-order valence-corrected chi connectivity index (χ4v) is 11.3. The first-order valence-electron chi connectivity index (χ1n) is 23.4. The highest BCUT2D eigenvalue weighted by Crippen LogP contribution is 2.54. The minimum absolute atomic E-state index is 0.0113. The van der Waals surface area contributed by atoms with Crippen LogP contribution in [0.3, 0.4) is 0 Å². The molecule has 0 radical (unpaired) electrons. The van der Waals surface area contributed by atoms with Crippen molar-refractivity contribution in [2.24, 2.45) is 41.4 Å². The van der Waals surface area contributed by atoms with E-state index in [0.717, 1.165) is 6.42 Å². The molecule has 4 fully saturated rings. The van der Waals surface area contributed by atoms with Crippen LogP contribution in [0.5, 0.6) is 0 Å². The minimum Gasteiger partial charge on any atom is -0.481 e. The molecule has 348 valence electrons. The number of aliphatic carboxylic acids is 2. The first-order chi connectivity index (χ1) is 28.6. The number of carboxylic acids is 2. The topological polar surface area (TPSA) is 207 Å². The Bertz CT molecular complexity index is 1590. The Kier molecular flexibility index (Phi) is 16.0. The van der Waals surface area contributed by atoms with E-state index in [2.05, 4.69) is 19.2 Å². The molecule has 0 aromatic rings. The number of carbonyl (C=O) groups is 4. The number of ketones is 1. The summed E-state index contributed by atoms with van der Waals surface area (Å²) >= 11 is 0. The number of Topliss-reactive ketones (excluding diaryl/α,β-unsaturated/α-hetero) is 1. The molecule has 14 nitrogen and oxygen atoms in total. The lowest BCUT2D eigenvalue weighted by Crippen LogP contribution is -2.65. The first-order valence-corrected chi connectivity index (χ1v) is 23.4. The lowest BCUT2D eigenvalue weighted by atomic mass is 9.72. The Hall–Kier alpha value is -2.46. The number of amides is 1. The summed E-state index contributed by atoms with van der Waals surface area (Å²) in [6, 6.07) is -0.744. The van der Waals surface area contributed by atoms with Gasteiger partial charge in [-0.3, -0.25) is 19.2 Å². The Morgan fingerprint density at radius 2 is 1.54 bits per heavy atom. The van der Waals surface area contributed by atoms with E-state index >= 15 is 0 Å². The van der Waals surface area contributed by atoms with Crippen LogP contribution >= 0.6 is 0 Å². The van der Waals surface area contributed by atoms with Crippen molar-refractivity contribution in [1.29, 1.82) is 0 Å². The van der Waals surface area contributed by atoms with Gasteiger partial charge < -0.3 is 49.4 Å². The second kappa shape index (κ2) is 19.7. The van der Waals surface area contributed by atoms with Crippen LogP contribution in [0, 0.1) is 41.4 Å². The summed E-state index contributed by atoms with van der Waals surface area (Å²) < 4.78 is 34.3. The van der Waals surface area contributed by atoms with Crippen LogP contribution in [0.4, 0.5) is 0 Å². The van der Waals surface area contributed by atoms with Gasteiger partial charge in [-0.05, 0) is 96.0 Å². The van der Waals surface area contributed by atoms with Crippen molar-refractivity contribution >= 4 is 23.6 Å².